The van der Waals surface area contributed by atoms with Crippen molar-refractivity contribution in [1.29, 1.82) is 0 Å². The monoisotopic (exact) mass is 264 g/mol. The fourth-order valence-electron chi connectivity index (χ4n) is 1.84. The first kappa shape index (κ1) is 15.7. The van der Waals surface area contributed by atoms with Crippen LogP contribution in [0.2, 0.25) is 0 Å². The number of hydrogen-bond acceptors (Lipinski definition) is 3. The van der Waals surface area contributed by atoms with Crippen LogP contribution in [0.4, 0.5) is 0 Å². The number of nitrogens with one attached hydrogen (secondary N) is 1. The van der Waals surface area contributed by atoms with Crippen molar-refractivity contribution in [1.82, 2.24) is 5.32 Å². The van der Waals surface area contributed by atoms with E-state index < -0.39 is 0 Å². The summed E-state index contributed by atoms with van der Waals surface area (Å²) in [5, 5.41) is 11.8. The minimum Gasteiger partial charge on any atom is -0.392 e. The van der Waals surface area contributed by atoms with Gasteiger partial charge in [0.25, 0.3) is 0 Å². The van der Waals surface area contributed by atoms with E-state index in [9.17, 15) is 4.79 Å². The van der Waals surface area contributed by atoms with Crippen molar-refractivity contribution in [2.45, 2.75) is 45.3 Å². The number of aliphatic hydroxyl groups is 1. The summed E-state index contributed by atoms with van der Waals surface area (Å²) < 4.78 is 0. The van der Waals surface area contributed by atoms with Gasteiger partial charge in [-0.1, -0.05) is 37.1 Å². The first-order chi connectivity index (χ1) is 9.26. The van der Waals surface area contributed by atoms with Gasteiger partial charge < -0.3 is 16.2 Å². The molecule has 1 aromatic rings. The third-order valence-electron chi connectivity index (χ3n) is 3.05. The fraction of sp³-hybridized carbons (Fsp3) is 0.533. The summed E-state index contributed by atoms with van der Waals surface area (Å²) in [6, 6.07) is 7.59. The zero-order valence-corrected chi connectivity index (χ0v) is 11.4. The molecule has 0 spiro atoms. The van der Waals surface area contributed by atoms with E-state index in [2.05, 4.69) is 5.32 Å². The van der Waals surface area contributed by atoms with Crippen LogP contribution >= 0.6 is 0 Å². The minimum atomic E-state index is 0.0510. The molecule has 0 aliphatic rings. The SMILES string of the molecule is NCCCCCCC(=O)NCc1ccc(CO)cc1. The van der Waals surface area contributed by atoms with Gasteiger partial charge >= 0.3 is 0 Å². The minimum absolute atomic E-state index is 0.0510. The summed E-state index contributed by atoms with van der Waals surface area (Å²) >= 11 is 0. The predicted molar refractivity (Wildman–Crippen MR) is 76.4 cm³/mol. The van der Waals surface area contributed by atoms with Gasteiger partial charge in [0, 0.05) is 13.0 Å². The Morgan fingerprint density at radius 3 is 2.32 bits per heavy atom. The lowest BCUT2D eigenvalue weighted by atomic mass is 10.1. The van der Waals surface area contributed by atoms with E-state index in [1.807, 2.05) is 24.3 Å². The number of carbonyl (C=O) groups is 1. The summed E-state index contributed by atoms with van der Waals surface area (Å²) in [5.41, 5.74) is 7.34. The van der Waals surface area contributed by atoms with Crippen LogP contribution in [0.15, 0.2) is 24.3 Å². The molecule has 0 heterocycles. The molecule has 4 N–H and O–H groups in total. The molecule has 1 rings (SSSR count). The van der Waals surface area contributed by atoms with Crippen molar-refractivity contribution in [3.8, 4) is 0 Å². The standard InChI is InChI=1S/C15H24N2O2/c16-10-4-2-1-3-5-15(19)17-11-13-6-8-14(12-18)9-7-13/h6-9,18H,1-5,10-12,16H2,(H,17,19). The van der Waals surface area contributed by atoms with Crippen molar-refractivity contribution in [2.24, 2.45) is 5.73 Å². The molecule has 0 aliphatic carbocycles. The van der Waals surface area contributed by atoms with Crippen molar-refractivity contribution in [3.63, 3.8) is 0 Å². The van der Waals surface area contributed by atoms with Crippen LogP contribution in [0.3, 0.4) is 0 Å². The van der Waals surface area contributed by atoms with E-state index in [4.69, 9.17) is 10.8 Å². The Labute approximate surface area is 115 Å². The molecular formula is C15H24N2O2. The van der Waals surface area contributed by atoms with Gasteiger partial charge in [-0.2, -0.15) is 0 Å². The molecule has 0 atom stereocenters. The third kappa shape index (κ3) is 6.94. The molecule has 0 saturated heterocycles. The van der Waals surface area contributed by atoms with Crippen LogP contribution in [-0.2, 0) is 17.9 Å². The van der Waals surface area contributed by atoms with Crippen LogP contribution in [0.5, 0.6) is 0 Å². The lowest BCUT2D eigenvalue weighted by molar-refractivity contribution is -0.121. The largest absolute Gasteiger partial charge is 0.392 e. The van der Waals surface area contributed by atoms with Gasteiger partial charge in [-0.3, -0.25) is 4.79 Å². The highest BCUT2D eigenvalue weighted by atomic mass is 16.3. The second-order valence-electron chi connectivity index (χ2n) is 4.70. The highest BCUT2D eigenvalue weighted by molar-refractivity contribution is 5.75. The molecule has 0 saturated carbocycles. The molecule has 0 aromatic heterocycles. The maximum Gasteiger partial charge on any atom is 0.220 e. The third-order valence-corrected chi connectivity index (χ3v) is 3.05. The topological polar surface area (TPSA) is 75.4 Å². The molecule has 1 aromatic carbocycles. The number of carbonyl (C=O) groups excluding carboxylic acids is 1. The van der Waals surface area contributed by atoms with Gasteiger partial charge in [-0.05, 0) is 30.5 Å². The Morgan fingerprint density at radius 2 is 1.68 bits per heavy atom. The molecule has 4 nitrogen and oxygen atoms in total. The van der Waals surface area contributed by atoms with Gasteiger partial charge in [-0.15, -0.1) is 0 Å². The molecular weight excluding hydrogens is 240 g/mol. The Kier molecular flexibility index (Phi) is 7.86. The van der Waals surface area contributed by atoms with Crippen LogP contribution < -0.4 is 11.1 Å². The maximum atomic E-state index is 11.6. The van der Waals surface area contributed by atoms with E-state index in [1.54, 1.807) is 0 Å². The van der Waals surface area contributed by atoms with E-state index >= 15 is 0 Å². The average molecular weight is 264 g/mol. The quantitative estimate of drug-likeness (QED) is 0.594. The molecule has 0 radical (unpaired) electrons. The van der Waals surface area contributed by atoms with Crippen molar-refractivity contribution < 1.29 is 9.90 Å². The zero-order chi connectivity index (χ0) is 13.9. The molecule has 19 heavy (non-hydrogen) atoms. The second kappa shape index (κ2) is 9.53. The van der Waals surface area contributed by atoms with Crippen LogP contribution in [-0.4, -0.2) is 17.6 Å². The van der Waals surface area contributed by atoms with Crippen molar-refractivity contribution >= 4 is 5.91 Å². The molecule has 0 bridgehead atoms. The smallest absolute Gasteiger partial charge is 0.220 e. The molecule has 1 amide bonds. The molecule has 4 heteroatoms. The fourth-order valence-corrected chi connectivity index (χ4v) is 1.84. The molecule has 106 valence electrons. The summed E-state index contributed by atoms with van der Waals surface area (Å²) in [6.45, 7) is 1.33. The predicted octanol–water partition coefficient (Wildman–Crippen LogP) is 1.70. The van der Waals surface area contributed by atoms with E-state index in [0.29, 0.717) is 13.0 Å². The van der Waals surface area contributed by atoms with Gasteiger partial charge in [0.15, 0.2) is 0 Å². The first-order valence-corrected chi connectivity index (χ1v) is 6.91. The lowest BCUT2D eigenvalue weighted by Gasteiger charge is -2.06. The normalized spacial score (nSPS) is 10.4. The molecule has 0 unspecified atom stereocenters. The Bertz CT molecular complexity index is 363. The summed E-state index contributed by atoms with van der Waals surface area (Å²) in [5.74, 6) is 0.0963. The number of rotatable bonds is 9. The second-order valence-corrected chi connectivity index (χ2v) is 4.70. The van der Waals surface area contributed by atoms with Gasteiger partial charge in [0.05, 0.1) is 6.61 Å². The number of amides is 1. The number of nitrogens with two attached hydrogens (primary N) is 1. The van der Waals surface area contributed by atoms with Crippen LogP contribution in [0, 0.1) is 0 Å². The maximum absolute atomic E-state index is 11.6. The van der Waals surface area contributed by atoms with E-state index in [0.717, 1.165) is 43.4 Å². The Morgan fingerprint density at radius 1 is 1.05 bits per heavy atom. The van der Waals surface area contributed by atoms with Crippen molar-refractivity contribution in [2.75, 3.05) is 6.54 Å². The van der Waals surface area contributed by atoms with E-state index in [-0.39, 0.29) is 12.5 Å². The summed E-state index contributed by atoms with van der Waals surface area (Å²) in [6.07, 6.45) is 4.72. The average Bonchev–Trinajstić information content (AvgIpc) is 2.45. The number of unbranched alkanes of at least 4 members (excludes halogenated alkanes) is 3. The summed E-state index contributed by atoms with van der Waals surface area (Å²) in [7, 11) is 0. The molecule has 0 aliphatic heterocycles. The van der Waals surface area contributed by atoms with E-state index in [1.165, 1.54) is 0 Å². The Hall–Kier alpha value is -1.39. The highest BCUT2D eigenvalue weighted by Crippen LogP contribution is 2.05. The van der Waals surface area contributed by atoms with Crippen LogP contribution in [0.25, 0.3) is 0 Å². The van der Waals surface area contributed by atoms with Gasteiger partial charge in [0.1, 0.15) is 0 Å². The number of aliphatic hydroxyl groups excluding tert-OH is 1. The van der Waals surface area contributed by atoms with Gasteiger partial charge in [0.2, 0.25) is 5.91 Å². The summed E-state index contributed by atoms with van der Waals surface area (Å²) in [4.78, 5) is 11.6. The zero-order valence-electron chi connectivity index (χ0n) is 11.4. The lowest BCUT2D eigenvalue weighted by Crippen LogP contribution is -2.22. The molecule has 0 fully saturated rings. The highest BCUT2D eigenvalue weighted by Gasteiger charge is 2.01. The van der Waals surface area contributed by atoms with Crippen molar-refractivity contribution in [3.05, 3.63) is 35.4 Å². The van der Waals surface area contributed by atoms with Gasteiger partial charge in [-0.25, -0.2) is 0 Å². The van der Waals surface area contributed by atoms with Crippen LogP contribution in [0.1, 0.15) is 43.2 Å². The first-order valence-electron chi connectivity index (χ1n) is 6.91. The number of hydrogen-bond donors (Lipinski definition) is 3. The Balaban J connectivity index is 2.15. The number of benzene rings is 1.